The predicted molar refractivity (Wildman–Crippen MR) is 171 cm³/mol. The van der Waals surface area contributed by atoms with Crippen molar-refractivity contribution in [2.24, 2.45) is 0 Å². The first kappa shape index (κ1) is 33.7. The summed E-state index contributed by atoms with van der Waals surface area (Å²) in [6, 6.07) is 14.7. The third-order valence-corrected chi connectivity index (χ3v) is 8.90. The quantitative estimate of drug-likeness (QED) is 0.238. The first-order chi connectivity index (χ1) is 18.0. The fraction of sp³-hybridized carbons (Fsp3) is 0.308. The van der Waals surface area contributed by atoms with Gasteiger partial charge in [0.25, 0.3) is 0 Å². The summed E-state index contributed by atoms with van der Waals surface area (Å²) in [5.41, 5.74) is 3.95. The molecule has 0 saturated heterocycles. The summed E-state index contributed by atoms with van der Waals surface area (Å²) in [4.78, 5) is 0. The van der Waals surface area contributed by atoms with Gasteiger partial charge in [0, 0.05) is 22.3 Å². The maximum Gasteiger partial charge on any atom is 0.815 e. The Morgan fingerprint density at radius 2 is 1.08 bits per heavy atom. The highest BCUT2D eigenvalue weighted by atomic mass is 35.7. The summed E-state index contributed by atoms with van der Waals surface area (Å²) < 4.78 is 17.7. The van der Waals surface area contributed by atoms with Crippen molar-refractivity contribution in [3.63, 3.8) is 0 Å². The SMILES string of the molecule is CC(C)(C)c1ccc(O)c(-c2cc(C(C)(C)C)cc(-c3cc([O][Al]([Cl])[Cl])ccc3[O][Al]([Cl])[Cl])c2[O][Al]([Cl])[Cl])c1. The molecule has 0 amide bonds. The lowest BCUT2D eigenvalue weighted by Crippen LogP contribution is -2.15. The van der Waals surface area contributed by atoms with Crippen LogP contribution in [0.4, 0.5) is 0 Å². The number of aromatic hydroxyl groups is 1. The summed E-state index contributed by atoms with van der Waals surface area (Å²) in [7, 11) is 37.0. The molecule has 1 N–H and O–H groups in total. The first-order valence-corrected chi connectivity index (χ1v) is 23.9. The van der Waals surface area contributed by atoms with E-state index < -0.39 is 37.9 Å². The lowest BCUT2D eigenvalue weighted by atomic mass is 9.81. The molecule has 3 aromatic carbocycles. The number of phenolic OH excluding ortho intramolecular Hbond substituents is 1. The number of hydrogen-bond donors (Lipinski definition) is 1. The molecule has 4 nitrogen and oxygen atoms in total. The zero-order valence-corrected chi connectivity index (χ0v) is 30.3. The van der Waals surface area contributed by atoms with Crippen molar-refractivity contribution >= 4 is 98.2 Å². The van der Waals surface area contributed by atoms with E-state index in [1.165, 1.54) is 0 Å². The molecule has 0 fully saturated rings. The molecule has 0 aromatic heterocycles. The van der Waals surface area contributed by atoms with Crippen molar-refractivity contribution in [2.45, 2.75) is 52.4 Å². The Kier molecular flexibility index (Phi) is 11.8. The van der Waals surface area contributed by atoms with Crippen molar-refractivity contribution in [3.05, 3.63) is 59.7 Å². The van der Waals surface area contributed by atoms with Gasteiger partial charge in [-0.1, -0.05) is 47.6 Å². The molecule has 0 radical (unpaired) electrons. The minimum atomic E-state index is -2.69. The van der Waals surface area contributed by atoms with E-state index >= 15 is 0 Å². The molecule has 0 spiro atoms. The second-order valence-electron chi connectivity index (χ2n) is 10.9. The number of rotatable bonds is 8. The fourth-order valence-corrected chi connectivity index (χ4v) is 6.90. The lowest BCUT2D eigenvalue weighted by molar-refractivity contribution is 0.475. The third-order valence-electron chi connectivity index (χ3n) is 6.00. The molecular weight excluding hydrogens is 670 g/mol. The van der Waals surface area contributed by atoms with Crippen LogP contribution in [0, 0.1) is 0 Å². The molecule has 0 heterocycles. The summed E-state index contributed by atoms with van der Waals surface area (Å²) in [5, 5.41) is 11.1. The normalized spacial score (nSPS) is 11.7. The highest BCUT2D eigenvalue weighted by Gasteiger charge is 2.30. The molecule has 13 heteroatoms. The van der Waals surface area contributed by atoms with Crippen LogP contribution in [0.25, 0.3) is 22.3 Å². The minimum Gasteiger partial charge on any atom is -0.620 e. The lowest BCUT2D eigenvalue weighted by Gasteiger charge is -2.27. The van der Waals surface area contributed by atoms with Gasteiger partial charge in [0.2, 0.25) is 0 Å². The Morgan fingerprint density at radius 1 is 0.564 bits per heavy atom. The van der Waals surface area contributed by atoms with Gasteiger partial charge in [-0.3, -0.25) is 0 Å². The van der Waals surface area contributed by atoms with Gasteiger partial charge in [0.1, 0.15) is 5.75 Å². The monoisotopic (exact) mass is 694 g/mol. The Labute approximate surface area is 269 Å². The molecule has 0 unspecified atom stereocenters. The van der Waals surface area contributed by atoms with Crippen LogP contribution < -0.4 is 11.4 Å². The Morgan fingerprint density at radius 3 is 1.59 bits per heavy atom. The summed E-state index contributed by atoms with van der Waals surface area (Å²) >= 11 is -7.70. The molecule has 0 atom stereocenters. The van der Waals surface area contributed by atoms with E-state index in [9.17, 15) is 5.11 Å². The average molecular weight is 697 g/mol. The highest BCUT2D eigenvalue weighted by Crippen LogP contribution is 2.49. The molecule has 3 aromatic rings. The van der Waals surface area contributed by atoms with Gasteiger partial charge < -0.3 is 16.5 Å². The van der Waals surface area contributed by atoms with Crippen LogP contribution in [0.2, 0.25) is 0 Å². The van der Waals surface area contributed by atoms with Crippen molar-refractivity contribution in [2.75, 3.05) is 0 Å². The van der Waals surface area contributed by atoms with Gasteiger partial charge in [-0.05, 0) is 64.4 Å². The van der Waals surface area contributed by atoms with Crippen LogP contribution in [0.5, 0.6) is 23.0 Å². The summed E-state index contributed by atoms with van der Waals surface area (Å²) in [6.07, 6.45) is 0. The van der Waals surface area contributed by atoms with Crippen LogP contribution in [-0.2, 0) is 10.8 Å². The molecule has 3 rings (SSSR count). The van der Waals surface area contributed by atoms with Gasteiger partial charge >= 0.3 is 37.9 Å². The molecule has 0 aliphatic carbocycles. The maximum atomic E-state index is 11.1. The fourth-order valence-electron chi connectivity index (χ4n) is 3.99. The van der Waals surface area contributed by atoms with Crippen LogP contribution in [0.1, 0.15) is 52.7 Å². The zero-order valence-electron chi connectivity index (χ0n) is 22.3. The topological polar surface area (TPSA) is 47.9 Å². The largest absolute Gasteiger partial charge is 0.815 e. The van der Waals surface area contributed by atoms with Crippen molar-refractivity contribution in [1.29, 1.82) is 0 Å². The van der Waals surface area contributed by atoms with Gasteiger partial charge in [-0.2, -0.15) is 60.3 Å². The van der Waals surface area contributed by atoms with E-state index in [2.05, 4.69) is 41.5 Å². The van der Waals surface area contributed by atoms with E-state index in [1.54, 1.807) is 24.3 Å². The summed E-state index contributed by atoms with van der Waals surface area (Å²) in [5.74, 6) is 1.34. The minimum absolute atomic E-state index is 0.0906. The smallest absolute Gasteiger partial charge is 0.620 e. The van der Waals surface area contributed by atoms with Gasteiger partial charge in [-0.15, -0.1) is 0 Å². The zero-order chi connectivity index (χ0) is 29.3. The molecule has 39 heavy (non-hydrogen) atoms. The van der Waals surface area contributed by atoms with Crippen molar-refractivity contribution in [3.8, 4) is 45.3 Å². The standard InChI is InChI=1S/C26H30O4.3Al.6ClH/c1-25(2,3)15-7-9-22(28)18(11-15)20-12-16(26(4,5)6)13-21(24(20)30)19-14-17(27)8-10-23(19)29;;;;;;;;;/h7-14,27-30H,1-6H3;;;;6*1H/q;3*+3;;;;;;/p-9. The number of phenols is 1. The third kappa shape index (κ3) is 9.09. The van der Waals surface area contributed by atoms with Gasteiger partial charge in [0.05, 0.1) is 17.2 Å². The summed E-state index contributed by atoms with van der Waals surface area (Å²) in [6.45, 7) is 12.6. The molecule has 0 aliphatic heterocycles. The second-order valence-corrected chi connectivity index (χ2v) is 22.3. The van der Waals surface area contributed by atoms with Crippen LogP contribution in [0.3, 0.4) is 0 Å². The van der Waals surface area contributed by atoms with E-state index in [0.717, 1.165) is 11.1 Å². The van der Waals surface area contributed by atoms with Crippen LogP contribution in [0.15, 0.2) is 48.5 Å². The number of hydrogen-bond acceptors (Lipinski definition) is 4. The van der Waals surface area contributed by atoms with E-state index in [1.807, 2.05) is 24.3 Å². The molecule has 0 bridgehead atoms. The Hall–Kier alpha value is 0.197. The van der Waals surface area contributed by atoms with Crippen molar-refractivity contribution in [1.82, 2.24) is 0 Å². The molecular formula is C26H27Al3Cl6O4. The molecule has 206 valence electrons. The van der Waals surface area contributed by atoms with Crippen LogP contribution in [-0.4, -0.2) is 43.0 Å². The molecule has 0 saturated carbocycles. The van der Waals surface area contributed by atoms with E-state index in [4.69, 9.17) is 71.7 Å². The highest BCUT2D eigenvalue weighted by molar-refractivity contribution is 7.31. The van der Waals surface area contributed by atoms with Gasteiger partial charge in [0.15, 0.2) is 0 Å². The average Bonchev–Trinajstić information content (AvgIpc) is 2.78. The predicted octanol–water partition coefficient (Wildman–Crippen LogP) is 9.85. The van der Waals surface area contributed by atoms with E-state index in [-0.39, 0.29) is 16.6 Å². The van der Waals surface area contributed by atoms with Crippen molar-refractivity contribution < 1.29 is 16.5 Å². The first-order valence-electron chi connectivity index (χ1n) is 12.0. The van der Waals surface area contributed by atoms with Crippen LogP contribution >= 0.6 is 60.3 Å². The number of halogens is 6. The Balaban J connectivity index is 2.49. The molecule has 0 aliphatic rings. The van der Waals surface area contributed by atoms with E-state index in [0.29, 0.717) is 39.5 Å². The maximum absolute atomic E-state index is 11.1. The van der Waals surface area contributed by atoms with Gasteiger partial charge in [-0.25, -0.2) is 0 Å². The number of benzene rings is 3. The Bertz CT molecular complexity index is 1320. The second kappa shape index (κ2) is 13.7.